The SMILES string of the molecule is CC.CC.CCOCC.CN1CC2(CCC2)n2c(cc3ccc(C=O)cc32)C1=O.CO. The van der Waals surface area contributed by atoms with Gasteiger partial charge in [-0.05, 0) is 45.2 Å². The van der Waals surface area contributed by atoms with Crippen molar-refractivity contribution in [2.45, 2.75) is 66.3 Å². The lowest BCUT2D eigenvalue weighted by atomic mass is 9.74. The van der Waals surface area contributed by atoms with Crippen LogP contribution in [0.25, 0.3) is 10.9 Å². The van der Waals surface area contributed by atoms with Gasteiger partial charge in [0.05, 0.1) is 5.54 Å². The number of ether oxygens (including phenoxy) is 1. The van der Waals surface area contributed by atoms with Crippen LogP contribution < -0.4 is 0 Å². The zero-order valence-electron chi connectivity index (χ0n) is 20.7. The number of hydrogen-bond donors (Lipinski definition) is 1. The van der Waals surface area contributed by atoms with Gasteiger partial charge >= 0.3 is 0 Å². The summed E-state index contributed by atoms with van der Waals surface area (Å²) >= 11 is 0. The molecule has 2 aliphatic rings. The van der Waals surface area contributed by atoms with E-state index >= 15 is 0 Å². The van der Waals surface area contributed by atoms with Crippen molar-refractivity contribution in [1.82, 2.24) is 9.47 Å². The summed E-state index contributed by atoms with van der Waals surface area (Å²) in [6.07, 6.45) is 4.28. The molecule has 1 aromatic heterocycles. The van der Waals surface area contributed by atoms with Crippen LogP contribution in [-0.2, 0) is 10.3 Å². The summed E-state index contributed by atoms with van der Waals surface area (Å²) in [7, 11) is 2.88. The highest BCUT2D eigenvalue weighted by Crippen LogP contribution is 2.45. The molecule has 1 aliphatic heterocycles. The number of amides is 1. The van der Waals surface area contributed by atoms with Crippen molar-refractivity contribution < 1.29 is 19.4 Å². The van der Waals surface area contributed by atoms with Crippen LogP contribution in [0.4, 0.5) is 0 Å². The van der Waals surface area contributed by atoms with Crippen LogP contribution in [0.3, 0.4) is 0 Å². The number of hydrogen-bond acceptors (Lipinski definition) is 4. The second-order valence-corrected chi connectivity index (χ2v) is 6.82. The molecule has 1 N–H and O–H groups in total. The predicted molar refractivity (Wildman–Crippen MR) is 129 cm³/mol. The average Bonchev–Trinajstić information content (AvgIpc) is 3.19. The number of aldehydes is 1. The summed E-state index contributed by atoms with van der Waals surface area (Å²) in [4.78, 5) is 25.2. The molecule has 0 bridgehead atoms. The molecule has 31 heavy (non-hydrogen) atoms. The van der Waals surface area contributed by atoms with E-state index in [1.807, 2.05) is 77.8 Å². The summed E-state index contributed by atoms with van der Waals surface area (Å²) in [5, 5.41) is 8.04. The molecule has 1 aliphatic carbocycles. The fourth-order valence-electron chi connectivity index (χ4n) is 3.91. The molecule has 176 valence electrons. The molecule has 1 amide bonds. The Morgan fingerprint density at radius 3 is 2.06 bits per heavy atom. The first kappa shape index (κ1) is 28.8. The molecule has 1 saturated carbocycles. The number of nitrogens with zero attached hydrogens (tertiary/aromatic N) is 2. The van der Waals surface area contributed by atoms with Crippen LogP contribution in [0.5, 0.6) is 0 Å². The van der Waals surface area contributed by atoms with Crippen molar-refractivity contribution in [3.63, 3.8) is 0 Å². The molecule has 1 aromatic carbocycles. The van der Waals surface area contributed by atoms with Crippen LogP contribution >= 0.6 is 0 Å². The van der Waals surface area contributed by atoms with Crippen LogP contribution in [0.1, 0.15) is 81.7 Å². The Morgan fingerprint density at radius 1 is 1.06 bits per heavy atom. The van der Waals surface area contributed by atoms with Gasteiger partial charge in [0, 0.05) is 50.4 Å². The molecule has 1 fully saturated rings. The molecule has 4 rings (SSSR count). The van der Waals surface area contributed by atoms with Crippen molar-refractivity contribution >= 4 is 23.1 Å². The maximum atomic E-state index is 12.4. The summed E-state index contributed by atoms with van der Waals surface area (Å²) in [5.41, 5.74) is 2.49. The molecule has 2 heterocycles. The Labute approximate surface area is 188 Å². The summed E-state index contributed by atoms with van der Waals surface area (Å²) in [6.45, 7) is 14.4. The standard InChI is InChI=1S/C16H16N2O2.C4H10O.2C2H6.CH4O/c1-17-10-16(5-2-6-16)18-13-7-11(9-19)3-4-12(13)8-14(18)15(17)20;1-3-5-4-2;3*1-2/h3-4,7-9H,2,5-6,10H2,1H3;3-4H2,1-2H3;2*1-2H3;2H,1H3. The number of fused-ring (bicyclic) bond motifs is 4. The van der Waals surface area contributed by atoms with Gasteiger partial charge < -0.3 is 19.3 Å². The van der Waals surface area contributed by atoms with Crippen molar-refractivity contribution in [3.05, 3.63) is 35.5 Å². The Hall–Kier alpha value is -2.18. The first-order chi connectivity index (χ1) is 15.1. The number of aromatic nitrogens is 1. The Bertz CT molecular complexity index is 792. The fraction of sp³-hybridized carbons (Fsp3) is 0.600. The largest absolute Gasteiger partial charge is 0.400 e. The van der Waals surface area contributed by atoms with Crippen LogP contribution in [0.15, 0.2) is 24.3 Å². The minimum atomic E-state index is 0.0429. The topological polar surface area (TPSA) is 71.8 Å². The second kappa shape index (κ2) is 14.8. The Morgan fingerprint density at radius 2 is 1.65 bits per heavy atom. The molecule has 0 atom stereocenters. The van der Waals surface area contributed by atoms with E-state index in [0.717, 1.165) is 62.6 Å². The molecular weight excluding hydrogens is 392 g/mol. The van der Waals surface area contributed by atoms with Crippen LogP contribution in [-0.4, -0.2) is 60.7 Å². The second-order valence-electron chi connectivity index (χ2n) is 6.82. The van der Waals surface area contributed by atoms with Crippen molar-refractivity contribution in [1.29, 1.82) is 0 Å². The molecular formula is C25H42N2O4. The van der Waals surface area contributed by atoms with E-state index in [9.17, 15) is 9.59 Å². The van der Waals surface area contributed by atoms with Gasteiger partial charge in [0.1, 0.15) is 12.0 Å². The van der Waals surface area contributed by atoms with Gasteiger partial charge in [-0.2, -0.15) is 0 Å². The van der Waals surface area contributed by atoms with E-state index in [0.29, 0.717) is 5.56 Å². The van der Waals surface area contributed by atoms with Gasteiger partial charge in [0.2, 0.25) is 0 Å². The predicted octanol–water partition coefficient (Wildman–Crippen LogP) is 5.12. The third-order valence-corrected chi connectivity index (χ3v) is 5.23. The normalized spacial score (nSPS) is 14.9. The lowest BCUT2D eigenvalue weighted by Crippen LogP contribution is -2.55. The summed E-state index contributed by atoms with van der Waals surface area (Å²) < 4.78 is 7.03. The fourth-order valence-corrected chi connectivity index (χ4v) is 3.91. The molecule has 0 unspecified atom stereocenters. The van der Waals surface area contributed by atoms with Gasteiger partial charge in [0.15, 0.2) is 0 Å². The van der Waals surface area contributed by atoms with E-state index in [1.54, 1.807) is 0 Å². The van der Waals surface area contributed by atoms with E-state index in [4.69, 9.17) is 9.84 Å². The lowest BCUT2D eigenvalue weighted by molar-refractivity contribution is 0.0425. The maximum absolute atomic E-state index is 12.4. The number of aliphatic hydroxyl groups is 1. The van der Waals surface area contributed by atoms with Gasteiger partial charge in [-0.3, -0.25) is 9.59 Å². The van der Waals surface area contributed by atoms with Crippen molar-refractivity contribution in [2.24, 2.45) is 0 Å². The molecule has 2 aromatic rings. The highest BCUT2D eigenvalue weighted by atomic mass is 16.5. The minimum absolute atomic E-state index is 0.0429. The molecule has 6 heteroatoms. The monoisotopic (exact) mass is 434 g/mol. The van der Waals surface area contributed by atoms with Gasteiger partial charge in [-0.1, -0.05) is 39.8 Å². The lowest BCUT2D eigenvalue weighted by Gasteiger charge is -2.49. The average molecular weight is 435 g/mol. The Balaban J connectivity index is 0.000000704. The first-order valence-electron chi connectivity index (χ1n) is 11.5. The third kappa shape index (κ3) is 6.40. The van der Waals surface area contributed by atoms with Gasteiger partial charge in [0.25, 0.3) is 5.91 Å². The summed E-state index contributed by atoms with van der Waals surface area (Å²) in [5.74, 6) is 0.0754. The van der Waals surface area contributed by atoms with E-state index in [2.05, 4.69) is 4.57 Å². The molecule has 0 saturated heterocycles. The highest BCUT2D eigenvalue weighted by Gasteiger charge is 2.46. The van der Waals surface area contributed by atoms with E-state index < -0.39 is 0 Å². The molecule has 1 spiro atoms. The van der Waals surface area contributed by atoms with Crippen molar-refractivity contribution in [2.75, 3.05) is 33.9 Å². The van der Waals surface area contributed by atoms with Crippen LogP contribution in [0.2, 0.25) is 0 Å². The van der Waals surface area contributed by atoms with Crippen LogP contribution in [0, 0.1) is 0 Å². The quantitative estimate of drug-likeness (QED) is 0.681. The number of rotatable bonds is 3. The van der Waals surface area contributed by atoms with Gasteiger partial charge in [-0.15, -0.1) is 0 Å². The van der Waals surface area contributed by atoms with E-state index in [-0.39, 0.29) is 11.4 Å². The number of benzene rings is 1. The smallest absolute Gasteiger partial charge is 0.270 e. The minimum Gasteiger partial charge on any atom is -0.400 e. The number of likely N-dealkylation sites (N-methyl/N-ethyl adjacent to an activating group) is 1. The zero-order chi connectivity index (χ0) is 24.0. The highest BCUT2D eigenvalue weighted by molar-refractivity contribution is 6.00. The van der Waals surface area contributed by atoms with Gasteiger partial charge in [-0.25, -0.2) is 0 Å². The number of aliphatic hydroxyl groups excluding tert-OH is 1. The number of carbonyl (C=O) groups excluding carboxylic acids is 2. The molecule has 0 radical (unpaired) electrons. The first-order valence-corrected chi connectivity index (χ1v) is 11.5. The maximum Gasteiger partial charge on any atom is 0.270 e. The summed E-state index contributed by atoms with van der Waals surface area (Å²) in [6, 6.07) is 7.61. The third-order valence-electron chi connectivity index (χ3n) is 5.23. The van der Waals surface area contributed by atoms with Crippen molar-refractivity contribution in [3.8, 4) is 0 Å². The Kier molecular flexibility index (Phi) is 13.7. The number of carbonyl (C=O) groups is 2. The molecule has 6 nitrogen and oxygen atoms in total. The zero-order valence-corrected chi connectivity index (χ0v) is 20.7. The van der Waals surface area contributed by atoms with E-state index in [1.165, 1.54) is 6.42 Å².